The lowest BCUT2D eigenvalue weighted by molar-refractivity contribution is 0.137. The molecule has 17 heavy (non-hydrogen) atoms. The van der Waals surface area contributed by atoms with E-state index in [-0.39, 0.29) is 5.41 Å². The molecule has 1 N–H and O–H groups in total. The zero-order chi connectivity index (χ0) is 13.2. The highest BCUT2D eigenvalue weighted by molar-refractivity contribution is 5.36. The molecule has 2 nitrogen and oxygen atoms in total. The van der Waals surface area contributed by atoms with Crippen LogP contribution in [0.2, 0.25) is 0 Å². The third-order valence-corrected chi connectivity index (χ3v) is 3.04. The fraction of sp³-hybridized carbons (Fsp3) is 0.600. The molecule has 1 atom stereocenters. The molecule has 0 spiro atoms. The molecule has 1 unspecified atom stereocenters. The fourth-order valence-electron chi connectivity index (χ4n) is 1.91. The normalized spacial score (nSPS) is 14.1. The maximum Gasteiger partial charge on any atom is 0.0919 e. The molecule has 0 heterocycles. The summed E-state index contributed by atoms with van der Waals surface area (Å²) in [6.45, 7) is 9.30. The summed E-state index contributed by atoms with van der Waals surface area (Å²) in [5.74, 6) is 0. The minimum Gasteiger partial charge on any atom is -0.387 e. The Kier molecular flexibility index (Phi) is 4.34. The second kappa shape index (κ2) is 5.19. The third kappa shape index (κ3) is 3.83. The monoisotopic (exact) mass is 235 g/mol. The second-order valence-electron chi connectivity index (χ2n) is 6.10. The van der Waals surface area contributed by atoms with Gasteiger partial charge in [-0.1, -0.05) is 39.0 Å². The predicted molar refractivity (Wildman–Crippen MR) is 73.4 cm³/mol. The molecule has 0 aromatic heterocycles. The summed E-state index contributed by atoms with van der Waals surface area (Å²) < 4.78 is 0. The van der Waals surface area contributed by atoms with Crippen LogP contribution in [0, 0.1) is 6.92 Å². The van der Waals surface area contributed by atoms with Gasteiger partial charge in [-0.3, -0.25) is 0 Å². The molecule has 0 aliphatic carbocycles. The van der Waals surface area contributed by atoms with E-state index < -0.39 is 6.10 Å². The van der Waals surface area contributed by atoms with Crippen LogP contribution in [0.15, 0.2) is 18.2 Å². The number of likely N-dealkylation sites (N-methyl/N-ethyl adjacent to an activating group) is 1. The Morgan fingerprint density at radius 1 is 1.24 bits per heavy atom. The van der Waals surface area contributed by atoms with Crippen molar-refractivity contribution in [2.24, 2.45) is 0 Å². The van der Waals surface area contributed by atoms with Crippen LogP contribution in [0.5, 0.6) is 0 Å². The first-order valence-electron chi connectivity index (χ1n) is 6.15. The highest BCUT2D eigenvalue weighted by atomic mass is 16.3. The Bertz CT molecular complexity index is 377. The first-order valence-corrected chi connectivity index (χ1v) is 6.15. The van der Waals surface area contributed by atoms with Crippen LogP contribution in [0.25, 0.3) is 0 Å². The zero-order valence-electron chi connectivity index (χ0n) is 11.9. The summed E-state index contributed by atoms with van der Waals surface area (Å²) in [6.07, 6.45) is -0.410. The predicted octanol–water partition coefficient (Wildman–Crippen LogP) is 2.89. The van der Waals surface area contributed by atoms with Crippen LogP contribution in [0.1, 0.15) is 43.6 Å². The summed E-state index contributed by atoms with van der Waals surface area (Å²) in [7, 11) is 3.96. The molecule has 2 heteroatoms. The number of hydrogen-bond donors (Lipinski definition) is 1. The van der Waals surface area contributed by atoms with E-state index in [1.807, 2.05) is 19.0 Å². The topological polar surface area (TPSA) is 23.5 Å². The summed E-state index contributed by atoms with van der Waals surface area (Å²) in [5.41, 5.74) is 3.61. The first kappa shape index (κ1) is 14.2. The van der Waals surface area contributed by atoms with Crippen molar-refractivity contribution < 1.29 is 5.11 Å². The molecule has 0 amide bonds. The van der Waals surface area contributed by atoms with Crippen LogP contribution >= 0.6 is 0 Å². The van der Waals surface area contributed by atoms with Gasteiger partial charge in [0.2, 0.25) is 0 Å². The molecule has 96 valence electrons. The molecule has 0 fully saturated rings. The Balaban J connectivity index is 3.06. The summed E-state index contributed by atoms with van der Waals surface area (Å²) in [5, 5.41) is 10.2. The van der Waals surface area contributed by atoms with Gasteiger partial charge in [0, 0.05) is 6.54 Å². The van der Waals surface area contributed by atoms with Crippen molar-refractivity contribution in [3.63, 3.8) is 0 Å². The SMILES string of the molecule is Cc1ccc(C(C)(C)C)cc1C(O)CN(C)C. The van der Waals surface area contributed by atoms with E-state index in [0.717, 1.165) is 11.1 Å². The van der Waals surface area contributed by atoms with Crippen molar-refractivity contribution in [1.29, 1.82) is 0 Å². The molecule has 0 radical (unpaired) electrons. The molecule has 0 saturated heterocycles. The number of nitrogens with zero attached hydrogens (tertiary/aromatic N) is 1. The number of aryl methyl sites for hydroxylation is 1. The number of aliphatic hydroxyl groups excluding tert-OH is 1. The van der Waals surface area contributed by atoms with Gasteiger partial charge in [0.15, 0.2) is 0 Å². The van der Waals surface area contributed by atoms with E-state index >= 15 is 0 Å². The lowest BCUT2D eigenvalue weighted by Crippen LogP contribution is -2.21. The Labute approximate surface area is 105 Å². The average molecular weight is 235 g/mol. The largest absolute Gasteiger partial charge is 0.387 e. The molecule has 0 aliphatic heterocycles. The molecular weight excluding hydrogens is 210 g/mol. The summed E-state index contributed by atoms with van der Waals surface area (Å²) in [4.78, 5) is 2.01. The summed E-state index contributed by atoms with van der Waals surface area (Å²) in [6, 6.07) is 6.40. The quantitative estimate of drug-likeness (QED) is 0.871. The van der Waals surface area contributed by atoms with E-state index in [2.05, 4.69) is 45.9 Å². The van der Waals surface area contributed by atoms with Crippen molar-refractivity contribution in [3.8, 4) is 0 Å². The van der Waals surface area contributed by atoms with Gasteiger partial charge in [-0.05, 0) is 43.1 Å². The van der Waals surface area contributed by atoms with E-state index in [1.54, 1.807) is 0 Å². The Hall–Kier alpha value is -0.860. The van der Waals surface area contributed by atoms with Crippen molar-refractivity contribution in [3.05, 3.63) is 34.9 Å². The zero-order valence-corrected chi connectivity index (χ0v) is 11.9. The van der Waals surface area contributed by atoms with Crippen LogP contribution in [0.4, 0.5) is 0 Å². The average Bonchev–Trinajstić information content (AvgIpc) is 2.15. The molecule has 0 aliphatic rings. The van der Waals surface area contributed by atoms with E-state index in [4.69, 9.17) is 0 Å². The fourth-order valence-corrected chi connectivity index (χ4v) is 1.91. The van der Waals surface area contributed by atoms with Gasteiger partial charge < -0.3 is 10.0 Å². The number of aliphatic hydroxyl groups is 1. The van der Waals surface area contributed by atoms with E-state index in [9.17, 15) is 5.11 Å². The van der Waals surface area contributed by atoms with E-state index in [1.165, 1.54) is 5.56 Å². The standard InChI is InChI=1S/C15H25NO/c1-11-7-8-12(15(2,3)4)9-13(11)14(17)10-16(5)6/h7-9,14,17H,10H2,1-6H3. The van der Waals surface area contributed by atoms with Crippen molar-refractivity contribution >= 4 is 0 Å². The smallest absolute Gasteiger partial charge is 0.0919 e. The van der Waals surface area contributed by atoms with Crippen molar-refractivity contribution in [2.75, 3.05) is 20.6 Å². The molecule has 1 aromatic carbocycles. The number of benzene rings is 1. The maximum atomic E-state index is 10.2. The molecule has 0 saturated carbocycles. The molecule has 0 bridgehead atoms. The van der Waals surface area contributed by atoms with Crippen LogP contribution in [-0.4, -0.2) is 30.6 Å². The van der Waals surface area contributed by atoms with Gasteiger partial charge >= 0.3 is 0 Å². The first-order chi connectivity index (χ1) is 7.71. The van der Waals surface area contributed by atoms with E-state index in [0.29, 0.717) is 6.54 Å². The Morgan fingerprint density at radius 2 is 1.82 bits per heavy atom. The van der Waals surface area contributed by atoms with Gasteiger partial charge in [-0.15, -0.1) is 0 Å². The lowest BCUT2D eigenvalue weighted by Gasteiger charge is -2.23. The second-order valence-corrected chi connectivity index (χ2v) is 6.10. The summed E-state index contributed by atoms with van der Waals surface area (Å²) >= 11 is 0. The van der Waals surface area contributed by atoms with Gasteiger partial charge in [0.1, 0.15) is 0 Å². The molecule has 1 rings (SSSR count). The van der Waals surface area contributed by atoms with Crippen LogP contribution < -0.4 is 0 Å². The van der Waals surface area contributed by atoms with Crippen molar-refractivity contribution in [1.82, 2.24) is 4.90 Å². The number of hydrogen-bond acceptors (Lipinski definition) is 2. The molecule has 1 aromatic rings. The van der Waals surface area contributed by atoms with Gasteiger partial charge in [-0.2, -0.15) is 0 Å². The van der Waals surface area contributed by atoms with Crippen LogP contribution in [-0.2, 0) is 5.41 Å². The van der Waals surface area contributed by atoms with Crippen LogP contribution in [0.3, 0.4) is 0 Å². The minimum absolute atomic E-state index is 0.125. The maximum absolute atomic E-state index is 10.2. The number of rotatable bonds is 3. The van der Waals surface area contributed by atoms with Gasteiger partial charge in [0.25, 0.3) is 0 Å². The Morgan fingerprint density at radius 3 is 2.29 bits per heavy atom. The van der Waals surface area contributed by atoms with Crippen molar-refractivity contribution in [2.45, 2.75) is 39.2 Å². The highest BCUT2D eigenvalue weighted by Crippen LogP contribution is 2.27. The highest BCUT2D eigenvalue weighted by Gasteiger charge is 2.17. The lowest BCUT2D eigenvalue weighted by atomic mass is 9.84. The van der Waals surface area contributed by atoms with Gasteiger partial charge in [0.05, 0.1) is 6.10 Å². The molecular formula is C15H25NO. The minimum atomic E-state index is -0.410. The third-order valence-electron chi connectivity index (χ3n) is 3.04. The van der Waals surface area contributed by atoms with Gasteiger partial charge in [-0.25, -0.2) is 0 Å².